The highest BCUT2D eigenvalue weighted by Gasteiger charge is 2.25. The number of hydrogen-bond acceptors (Lipinski definition) is 2. The Morgan fingerprint density at radius 2 is 2.27 bits per heavy atom. The predicted molar refractivity (Wildman–Crippen MR) is 62.7 cm³/mol. The zero-order valence-corrected chi connectivity index (χ0v) is 10.0. The second-order valence-corrected chi connectivity index (χ2v) is 4.43. The van der Waals surface area contributed by atoms with Crippen molar-refractivity contribution in [1.29, 1.82) is 0 Å². The molecule has 2 unspecified atom stereocenters. The van der Waals surface area contributed by atoms with E-state index in [9.17, 15) is 4.79 Å². The maximum absolute atomic E-state index is 11.6. The molecule has 1 aliphatic heterocycles. The third-order valence-electron chi connectivity index (χ3n) is 3.15. The number of piperidine rings is 1. The van der Waals surface area contributed by atoms with Crippen LogP contribution in [0.1, 0.15) is 46.0 Å². The van der Waals surface area contributed by atoms with Crippen LogP contribution in [0.3, 0.4) is 0 Å². The smallest absolute Gasteiger partial charge is 0.237 e. The average molecular weight is 212 g/mol. The molecule has 3 heteroatoms. The molecule has 15 heavy (non-hydrogen) atoms. The molecule has 0 aliphatic carbocycles. The molecule has 0 aromatic heterocycles. The molecular formula is C12H24N2O. The van der Waals surface area contributed by atoms with Gasteiger partial charge in [-0.3, -0.25) is 4.79 Å². The van der Waals surface area contributed by atoms with E-state index in [2.05, 4.69) is 17.6 Å². The summed E-state index contributed by atoms with van der Waals surface area (Å²) >= 11 is 0. The lowest BCUT2D eigenvalue weighted by Crippen LogP contribution is -2.48. The summed E-state index contributed by atoms with van der Waals surface area (Å²) in [4.78, 5) is 11.6. The Bertz CT molecular complexity index is 194. The molecule has 1 heterocycles. The maximum atomic E-state index is 11.6. The zero-order valence-electron chi connectivity index (χ0n) is 10.0. The number of carbonyl (C=O) groups excluding carboxylic acids is 1. The first kappa shape index (κ1) is 12.5. The lowest BCUT2D eigenvalue weighted by Gasteiger charge is -2.29. The number of nitrogens with one attached hydrogen (secondary N) is 2. The fourth-order valence-electron chi connectivity index (χ4n) is 2.25. The van der Waals surface area contributed by atoms with E-state index < -0.39 is 0 Å². The van der Waals surface area contributed by atoms with Crippen LogP contribution in [-0.4, -0.2) is 25.0 Å². The summed E-state index contributed by atoms with van der Waals surface area (Å²) in [5.41, 5.74) is 0. The maximum Gasteiger partial charge on any atom is 0.237 e. The van der Waals surface area contributed by atoms with Gasteiger partial charge in [-0.05, 0) is 32.2 Å². The molecule has 1 fully saturated rings. The molecule has 1 rings (SSSR count). The summed E-state index contributed by atoms with van der Waals surface area (Å²) < 4.78 is 0. The Hall–Kier alpha value is -0.570. The lowest BCUT2D eigenvalue weighted by molar-refractivity contribution is -0.124. The fraction of sp³-hybridized carbons (Fsp3) is 0.917. The van der Waals surface area contributed by atoms with Crippen LogP contribution in [0.2, 0.25) is 0 Å². The van der Waals surface area contributed by atoms with Crippen molar-refractivity contribution in [2.24, 2.45) is 5.92 Å². The van der Waals surface area contributed by atoms with Gasteiger partial charge in [-0.15, -0.1) is 0 Å². The van der Waals surface area contributed by atoms with E-state index in [1.807, 2.05) is 6.92 Å². The van der Waals surface area contributed by atoms with Crippen molar-refractivity contribution in [3.63, 3.8) is 0 Å². The molecule has 1 saturated heterocycles. The molecule has 2 atom stereocenters. The van der Waals surface area contributed by atoms with E-state index in [1.54, 1.807) is 0 Å². The lowest BCUT2D eigenvalue weighted by atomic mass is 9.88. The van der Waals surface area contributed by atoms with Gasteiger partial charge in [-0.1, -0.05) is 26.2 Å². The van der Waals surface area contributed by atoms with Crippen LogP contribution in [0.4, 0.5) is 0 Å². The first-order chi connectivity index (χ1) is 7.27. The third kappa shape index (κ3) is 4.20. The Morgan fingerprint density at radius 1 is 1.47 bits per heavy atom. The minimum absolute atomic E-state index is 0.0561. The molecule has 1 amide bonds. The molecule has 0 bridgehead atoms. The highest BCUT2D eigenvalue weighted by atomic mass is 16.2. The predicted octanol–water partition coefficient (Wildman–Crippen LogP) is 1.68. The number of likely N-dealkylation sites (N-methyl/N-ethyl adjacent to an activating group) is 1. The molecule has 2 N–H and O–H groups in total. The molecule has 1 aliphatic rings. The van der Waals surface area contributed by atoms with Crippen LogP contribution in [0, 0.1) is 5.92 Å². The van der Waals surface area contributed by atoms with Crippen LogP contribution in [0.25, 0.3) is 0 Å². The molecule has 0 saturated carbocycles. The highest BCUT2D eigenvalue weighted by Crippen LogP contribution is 2.21. The first-order valence-corrected chi connectivity index (χ1v) is 6.29. The summed E-state index contributed by atoms with van der Waals surface area (Å²) in [7, 11) is 0. The summed E-state index contributed by atoms with van der Waals surface area (Å²) in [6, 6.07) is 0.0561. The summed E-state index contributed by atoms with van der Waals surface area (Å²) in [6.07, 6.45) is 6.10. The monoisotopic (exact) mass is 212 g/mol. The highest BCUT2D eigenvalue weighted by molar-refractivity contribution is 5.81. The van der Waals surface area contributed by atoms with Gasteiger partial charge >= 0.3 is 0 Å². The number of rotatable bonds is 5. The Balaban J connectivity index is 2.31. The van der Waals surface area contributed by atoms with Gasteiger partial charge in [0.1, 0.15) is 0 Å². The van der Waals surface area contributed by atoms with Crippen LogP contribution < -0.4 is 10.6 Å². The van der Waals surface area contributed by atoms with Crippen LogP contribution in [-0.2, 0) is 4.79 Å². The van der Waals surface area contributed by atoms with Gasteiger partial charge in [0.2, 0.25) is 5.91 Å². The molecule has 0 aromatic rings. The topological polar surface area (TPSA) is 41.1 Å². The largest absolute Gasteiger partial charge is 0.355 e. The van der Waals surface area contributed by atoms with Gasteiger partial charge in [0, 0.05) is 6.54 Å². The Kier molecular flexibility index (Phi) is 5.69. The first-order valence-electron chi connectivity index (χ1n) is 6.29. The Labute approximate surface area is 93.0 Å². The summed E-state index contributed by atoms with van der Waals surface area (Å²) in [6.45, 7) is 5.92. The second-order valence-electron chi connectivity index (χ2n) is 4.43. The molecule has 0 spiro atoms. The minimum atomic E-state index is 0.0561. The molecule has 88 valence electrons. The van der Waals surface area contributed by atoms with Gasteiger partial charge in [-0.25, -0.2) is 0 Å². The quantitative estimate of drug-likeness (QED) is 0.728. The standard InChI is InChI=1S/C12H24N2O/c1-3-5-6-10-7-8-14-11(9-10)12(15)13-4-2/h10-11,14H,3-9H2,1-2H3,(H,13,15). The third-order valence-corrected chi connectivity index (χ3v) is 3.15. The minimum Gasteiger partial charge on any atom is -0.355 e. The van der Waals surface area contributed by atoms with E-state index in [1.165, 1.54) is 25.7 Å². The second kappa shape index (κ2) is 6.83. The van der Waals surface area contributed by atoms with Gasteiger partial charge in [0.15, 0.2) is 0 Å². The van der Waals surface area contributed by atoms with E-state index in [0.717, 1.165) is 25.4 Å². The molecule has 0 radical (unpaired) electrons. The van der Waals surface area contributed by atoms with Gasteiger partial charge in [0.05, 0.1) is 6.04 Å². The summed E-state index contributed by atoms with van der Waals surface area (Å²) in [5, 5.41) is 6.19. The summed E-state index contributed by atoms with van der Waals surface area (Å²) in [5.74, 6) is 0.928. The zero-order chi connectivity index (χ0) is 11.1. The van der Waals surface area contributed by atoms with Crippen molar-refractivity contribution < 1.29 is 4.79 Å². The van der Waals surface area contributed by atoms with Gasteiger partial charge < -0.3 is 10.6 Å². The Morgan fingerprint density at radius 3 is 2.93 bits per heavy atom. The van der Waals surface area contributed by atoms with Gasteiger partial charge in [-0.2, -0.15) is 0 Å². The van der Waals surface area contributed by atoms with Crippen molar-refractivity contribution in [2.45, 2.75) is 52.0 Å². The van der Waals surface area contributed by atoms with E-state index in [0.29, 0.717) is 0 Å². The normalized spacial score (nSPS) is 26.3. The molecule has 3 nitrogen and oxygen atoms in total. The SMILES string of the molecule is CCCCC1CCNC(C(=O)NCC)C1. The average Bonchev–Trinajstić information content (AvgIpc) is 2.27. The van der Waals surface area contributed by atoms with Crippen molar-refractivity contribution >= 4 is 5.91 Å². The van der Waals surface area contributed by atoms with Crippen LogP contribution in [0.5, 0.6) is 0 Å². The number of unbranched alkanes of at least 4 members (excludes halogenated alkanes) is 1. The number of amides is 1. The van der Waals surface area contributed by atoms with Crippen molar-refractivity contribution in [2.75, 3.05) is 13.1 Å². The van der Waals surface area contributed by atoms with Crippen molar-refractivity contribution in [3.8, 4) is 0 Å². The van der Waals surface area contributed by atoms with Gasteiger partial charge in [0.25, 0.3) is 0 Å². The van der Waals surface area contributed by atoms with E-state index in [-0.39, 0.29) is 11.9 Å². The number of carbonyl (C=O) groups is 1. The molecular weight excluding hydrogens is 188 g/mol. The van der Waals surface area contributed by atoms with Crippen LogP contribution >= 0.6 is 0 Å². The van der Waals surface area contributed by atoms with Crippen molar-refractivity contribution in [1.82, 2.24) is 10.6 Å². The fourth-order valence-corrected chi connectivity index (χ4v) is 2.25. The molecule has 0 aromatic carbocycles. The number of hydrogen-bond donors (Lipinski definition) is 2. The van der Waals surface area contributed by atoms with Crippen LogP contribution in [0.15, 0.2) is 0 Å². The van der Waals surface area contributed by atoms with E-state index >= 15 is 0 Å². The van der Waals surface area contributed by atoms with E-state index in [4.69, 9.17) is 0 Å². The van der Waals surface area contributed by atoms with Crippen molar-refractivity contribution in [3.05, 3.63) is 0 Å².